The topological polar surface area (TPSA) is 53.4 Å². The van der Waals surface area contributed by atoms with E-state index < -0.39 is 0 Å². The van der Waals surface area contributed by atoms with Crippen molar-refractivity contribution in [3.8, 4) is 17.1 Å². The number of hydrogen-bond acceptors (Lipinski definition) is 4. The van der Waals surface area contributed by atoms with Crippen LogP contribution in [0.5, 0.6) is 5.75 Å². The van der Waals surface area contributed by atoms with Gasteiger partial charge in [-0.1, -0.05) is 42.5 Å². The summed E-state index contributed by atoms with van der Waals surface area (Å²) >= 11 is 0. The average molecular weight is 372 g/mol. The van der Waals surface area contributed by atoms with Gasteiger partial charge in [-0.15, -0.1) is 0 Å². The van der Waals surface area contributed by atoms with Crippen LogP contribution < -0.4 is 4.74 Å². The SMILES string of the molecule is COC(=O)Cn1c(-c2ccc(OCc3ccccc3)cc2)nc2ccccc21. The number of fused-ring (bicyclic) bond motifs is 1. The van der Waals surface area contributed by atoms with Crippen LogP contribution in [0.4, 0.5) is 0 Å². The number of esters is 1. The van der Waals surface area contributed by atoms with Crippen molar-refractivity contribution in [2.75, 3.05) is 7.11 Å². The van der Waals surface area contributed by atoms with Gasteiger partial charge in [-0.3, -0.25) is 4.79 Å². The predicted octanol–water partition coefficient (Wildman–Crippen LogP) is 4.46. The van der Waals surface area contributed by atoms with Crippen LogP contribution >= 0.6 is 0 Å². The number of para-hydroxylation sites is 2. The quantitative estimate of drug-likeness (QED) is 0.469. The number of ether oxygens (including phenoxy) is 2. The van der Waals surface area contributed by atoms with Crippen molar-refractivity contribution in [3.05, 3.63) is 84.4 Å². The number of methoxy groups -OCH3 is 1. The Morgan fingerprint density at radius 1 is 0.929 bits per heavy atom. The fourth-order valence-electron chi connectivity index (χ4n) is 3.09. The molecule has 0 saturated heterocycles. The van der Waals surface area contributed by atoms with E-state index in [1.54, 1.807) is 0 Å². The predicted molar refractivity (Wildman–Crippen MR) is 108 cm³/mol. The summed E-state index contributed by atoms with van der Waals surface area (Å²) in [6.45, 7) is 0.625. The summed E-state index contributed by atoms with van der Waals surface area (Å²) < 4.78 is 12.6. The Hall–Kier alpha value is -3.60. The molecule has 0 spiro atoms. The molecule has 28 heavy (non-hydrogen) atoms. The molecular weight excluding hydrogens is 352 g/mol. The molecule has 0 aliphatic carbocycles. The molecule has 1 heterocycles. The van der Waals surface area contributed by atoms with E-state index in [2.05, 4.69) is 0 Å². The fourth-order valence-corrected chi connectivity index (χ4v) is 3.09. The van der Waals surface area contributed by atoms with Crippen molar-refractivity contribution in [3.63, 3.8) is 0 Å². The third-order valence-corrected chi connectivity index (χ3v) is 4.53. The van der Waals surface area contributed by atoms with E-state index in [1.165, 1.54) is 7.11 Å². The number of benzene rings is 3. The first-order valence-corrected chi connectivity index (χ1v) is 9.04. The van der Waals surface area contributed by atoms with Crippen LogP contribution in [0.2, 0.25) is 0 Å². The van der Waals surface area contributed by atoms with Gasteiger partial charge >= 0.3 is 5.97 Å². The molecule has 0 aliphatic heterocycles. The summed E-state index contributed by atoms with van der Waals surface area (Å²) in [5.74, 6) is 1.19. The maximum absolute atomic E-state index is 11.9. The van der Waals surface area contributed by atoms with Crippen molar-refractivity contribution in [1.29, 1.82) is 0 Å². The lowest BCUT2D eigenvalue weighted by Gasteiger charge is -2.10. The third-order valence-electron chi connectivity index (χ3n) is 4.53. The van der Waals surface area contributed by atoms with Gasteiger partial charge in [-0.25, -0.2) is 4.98 Å². The fraction of sp³-hybridized carbons (Fsp3) is 0.130. The highest BCUT2D eigenvalue weighted by atomic mass is 16.5. The Bertz CT molecular complexity index is 1090. The average Bonchev–Trinajstić information content (AvgIpc) is 3.11. The minimum absolute atomic E-state index is 0.110. The lowest BCUT2D eigenvalue weighted by Crippen LogP contribution is -2.12. The van der Waals surface area contributed by atoms with Crippen molar-refractivity contribution in [1.82, 2.24) is 9.55 Å². The number of rotatable bonds is 6. The van der Waals surface area contributed by atoms with E-state index in [0.29, 0.717) is 6.61 Å². The normalized spacial score (nSPS) is 10.8. The molecule has 0 amide bonds. The standard InChI is InChI=1S/C23H20N2O3/c1-27-22(26)15-25-21-10-6-5-9-20(21)24-23(25)18-11-13-19(14-12-18)28-16-17-7-3-2-4-8-17/h2-14H,15-16H2,1H3. The minimum Gasteiger partial charge on any atom is -0.489 e. The monoisotopic (exact) mass is 372 g/mol. The highest BCUT2D eigenvalue weighted by Crippen LogP contribution is 2.26. The summed E-state index contributed by atoms with van der Waals surface area (Å²) in [5.41, 5.74) is 3.76. The molecule has 0 fully saturated rings. The molecule has 0 radical (unpaired) electrons. The Kier molecular flexibility index (Phi) is 5.06. The molecule has 0 unspecified atom stereocenters. The van der Waals surface area contributed by atoms with Crippen LogP contribution in [0.3, 0.4) is 0 Å². The van der Waals surface area contributed by atoms with Crippen molar-refractivity contribution >= 4 is 17.0 Å². The summed E-state index contributed by atoms with van der Waals surface area (Å²) in [4.78, 5) is 16.6. The van der Waals surface area contributed by atoms with Crippen molar-refractivity contribution in [2.45, 2.75) is 13.2 Å². The molecule has 1 aromatic heterocycles. The van der Waals surface area contributed by atoms with Gasteiger partial charge in [-0.05, 0) is 42.0 Å². The molecule has 0 atom stereocenters. The molecule has 140 valence electrons. The summed E-state index contributed by atoms with van der Waals surface area (Å²) in [6, 6.07) is 25.5. The lowest BCUT2D eigenvalue weighted by molar-refractivity contribution is -0.141. The van der Waals surface area contributed by atoms with E-state index in [9.17, 15) is 4.79 Å². The Morgan fingerprint density at radius 3 is 2.39 bits per heavy atom. The van der Waals surface area contributed by atoms with E-state index >= 15 is 0 Å². The number of carbonyl (C=O) groups is 1. The number of aromatic nitrogens is 2. The smallest absolute Gasteiger partial charge is 0.325 e. The van der Waals surface area contributed by atoms with Crippen LogP contribution in [0.25, 0.3) is 22.4 Å². The molecule has 0 N–H and O–H groups in total. The zero-order valence-corrected chi connectivity index (χ0v) is 15.5. The maximum atomic E-state index is 11.9. The van der Waals surface area contributed by atoms with Gasteiger partial charge in [0.05, 0.1) is 18.1 Å². The largest absolute Gasteiger partial charge is 0.489 e. The van der Waals surface area contributed by atoms with Crippen molar-refractivity contribution < 1.29 is 14.3 Å². The molecule has 3 aromatic carbocycles. The van der Waals surface area contributed by atoms with Gasteiger partial charge in [0, 0.05) is 5.56 Å². The van der Waals surface area contributed by atoms with E-state index in [4.69, 9.17) is 14.5 Å². The first-order chi connectivity index (χ1) is 13.7. The third kappa shape index (κ3) is 3.74. The summed E-state index contributed by atoms with van der Waals surface area (Å²) in [6.07, 6.45) is 0. The molecule has 0 saturated carbocycles. The van der Waals surface area contributed by atoms with E-state index in [0.717, 1.165) is 33.7 Å². The van der Waals surface area contributed by atoms with E-state index in [-0.39, 0.29) is 12.5 Å². The molecule has 4 aromatic rings. The second-order valence-corrected chi connectivity index (χ2v) is 6.39. The maximum Gasteiger partial charge on any atom is 0.325 e. The van der Waals surface area contributed by atoms with Crippen LogP contribution in [0.15, 0.2) is 78.9 Å². The molecular formula is C23H20N2O3. The van der Waals surface area contributed by atoms with E-state index in [1.807, 2.05) is 83.4 Å². The number of carbonyl (C=O) groups excluding carboxylic acids is 1. The highest BCUT2D eigenvalue weighted by Gasteiger charge is 2.15. The number of imidazole rings is 1. The molecule has 0 aliphatic rings. The molecule has 4 rings (SSSR count). The van der Waals surface area contributed by atoms with Crippen molar-refractivity contribution in [2.24, 2.45) is 0 Å². The van der Waals surface area contributed by atoms with Gasteiger partial charge in [0.15, 0.2) is 0 Å². The zero-order valence-electron chi connectivity index (χ0n) is 15.5. The van der Waals surface area contributed by atoms with Gasteiger partial charge in [-0.2, -0.15) is 0 Å². The Balaban J connectivity index is 1.60. The lowest BCUT2D eigenvalue weighted by atomic mass is 10.2. The van der Waals surface area contributed by atoms with Crippen LogP contribution in [-0.2, 0) is 22.7 Å². The highest BCUT2D eigenvalue weighted by molar-refractivity contribution is 5.83. The summed E-state index contributed by atoms with van der Waals surface area (Å²) in [5, 5.41) is 0. The Labute approximate surface area is 163 Å². The van der Waals surface area contributed by atoms with Gasteiger partial charge < -0.3 is 14.0 Å². The zero-order chi connectivity index (χ0) is 19.3. The molecule has 5 nitrogen and oxygen atoms in total. The van der Waals surface area contributed by atoms with Crippen LogP contribution in [-0.4, -0.2) is 22.6 Å². The first kappa shape index (κ1) is 17.8. The van der Waals surface area contributed by atoms with Crippen LogP contribution in [0.1, 0.15) is 5.56 Å². The molecule has 5 heteroatoms. The second kappa shape index (κ2) is 7.96. The molecule has 0 bridgehead atoms. The first-order valence-electron chi connectivity index (χ1n) is 9.04. The van der Waals surface area contributed by atoms with Gasteiger partial charge in [0.25, 0.3) is 0 Å². The van der Waals surface area contributed by atoms with Crippen LogP contribution in [0, 0.1) is 0 Å². The van der Waals surface area contributed by atoms with Gasteiger partial charge in [0.2, 0.25) is 0 Å². The van der Waals surface area contributed by atoms with Gasteiger partial charge in [0.1, 0.15) is 24.7 Å². The number of hydrogen-bond donors (Lipinski definition) is 0. The Morgan fingerprint density at radius 2 is 1.64 bits per heavy atom. The number of nitrogens with zero attached hydrogens (tertiary/aromatic N) is 2. The summed E-state index contributed by atoms with van der Waals surface area (Å²) in [7, 11) is 1.39. The minimum atomic E-state index is -0.313. The second-order valence-electron chi connectivity index (χ2n) is 6.39.